The molecule has 0 bridgehead atoms. The number of allylic oxidation sites excluding steroid dienone is 2. The Bertz CT molecular complexity index is 1010. The maximum absolute atomic E-state index is 13.6. The summed E-state index contributed by atoms with van der Waals surface area (Å²) >= 11 is 0. The first-order chi connectivity index (χ1) is 16.9. The lowest BCUT2D eigenvalue weighted by Gasteiger charge is -2.24. The molecule has 0 aromatic heterocycles. The Morgan fingerprint density at radius 1 is 1.14 bits per heavy atom. The number of anilines is 1. The number of amides is 1. The van der Waals surface area contributed by atoms with Crippen molar-refractivity contribution >= 4 is 17.8 Å². The second-order valence-electron chi connectivity index (χ2n) is 8.82. The van der Waals surface area contributed by atoms with Gasteiger partial charge < -0.3 is 15.0 Å². The maximum Gasteiger partial charge on any atom is 0.259 e. The molecule has 0 radical (unpaired) electrons. The van der Waals surface area contributed by atoms with Crippen LogP contribution in [0.4, 0.5) is 5.69 Å². The Labute approximate surface area is 211 Å². The Hall–Kier alpha value is -3.02. The number of hydrogen-bond acceptors (Lipinski definition) is 4. The van der Waals surface area contributed by atoms with Crippen molar-refractivity contribution in [2.24, 2.45) is 4.99 Å². The van der Waals surface area contributed by atoms with Gasteiger partial charge in [0.2, 0.25) is 0 Å². The van der Waals surface area contributed by atoms with Crippen molar-refractivity contribution in [2.45, 2.75) is 59.7 Å². The van der Waals surface area contributed by atoms with Gasteiger partial charge in [0, 0.05) is 24.1 Å². The fourth-order valence-electron chi connectivity index (χ4n) is 3.66. The van der Waals surface area contributed by atoms with Crippen molar-refractivity contribution in [2.75, 3.05) is 25.0 Å². The molecule has 0 fully saturated rings. The van der Waals surface area contributed by atoms with Crippen LogP contribution in [0.3, 0.4) is 0 Å². The van der Waals surface area contributed by atoms with Gasteiger partial charge in [0.15, 0.2) is 0 Å². The van der Waals surface area contributed by atoms with Gasteiger partial charge in [0.05, 0.1) is 18.3 Å². The minimum Gasteiger partial charge on any atom is -0.369 e. The van der Waals surface area contributed by atoms with Gasteiger partial charge in [-0.3, -0.25) is 9.79 Å². The minimum atomic E-state index is -0.0475. The molecule has 1 atom stereocenters. The van der Waals surface area contributed by atoms with Crippen LogP contribution >= 0.6 is 0 Å². The molecule has 2 aromatic rings. The molecule has 0 heterocycles. The van der Waals surface area contributed by atoms with Crippen LogP contribution in [0, 0.1) is 0 Å². The number of ether oxygens (including phenoxy) is 1. The molecule has 0 aliphatic heterocycles. The highest BCUT2D eigenvalue weighted by atomic mass is 16.5. The normalized spacial score (nSPS) is 11.9. The quantitative estimate of drug-likeness (QED) is 0.246. The monoisotopic (exact) mass is 475 g/mol. The number of aliphatic imine (C=N–C) groups is 1. The predicted molar refractivity (Wildman–Crippen MR) is 148 cm³/mol. The summed E-state index contributed by atoms with van der Waals surface area (Å²) in [6.45, 7) is 13.9. The van der Waals surface area contributed by atoms with Gasteiger partial charge in [0.1, 0.15) is 0 Å². The first-order valence-electron chi connectivity index (χ1n) is 12.5. The Morgan fingerprint density at radius 2 is 1.89 bits per heavy atom. The lowest BCUT2D eigenvalue weighted by Crippen LogP contribution is -2.33. The van der Waals surface area contributed by atoms with E-state index in [0.717, 1.165) is 48.3 Å². The van der Waals surface area contributed by atoms with E-state index in [9.17, 15) is 4.79 Å². The third-order valence-corrected chi connectivity index (χ3v) is 5.75. The number of rotatable bonds is 14. The molecule has 0 spiro atoms. The zero-order valence-electron chi connectivity index (χ0n) is 22.0. The molecule has 35 heavy (non-hydrogen) atoms. The molecule has 2 rings (SSSR count). The summed E-state index contributed by atoms with van der Waals surface area (Å²) in [7, 11) is 1.95. The molecular formula is C30H41N3O2. The second kappa shape index (κ2) is 15.1. The van der Waals surface area contributed by atoms with Gasteiger partial charge in [-0.05, 0) is 70.0 Å². The molecule has 0 aliphatic rings. The predicted octanol–water partition coefficient (Wildman–Crippen LogP) is 6.63. The highest BCUT2D eigenvalue weighted by molar-refractivity contribution is 6.19. The van der Waals surface area contributed by atoms with Crippen LogP contribution < -0.4 is 10.2 Å². The molecule has 5 heteroatoms. The van der Waals surface area contributed by atoms with E-state index < -0.39 is 0 Å². The summed E-state index contributed by atoms with van der Waals surface area (Å²) in [5, 5.41) is 3.21. The van der Waals surface area contributed by atoms with Crippen LogP contribution in [0.1, 0.15) is 64.2 Å². The van der Waals surface area contributed by atoms with Crippen LogP contribution in [-0.2, 0) is 16.1 Å². The average Bonchev–Trinajstić information content (AvgIpc) is 2.87. The summed E-state index contributed by atoms with van der Waals surface area (Å²) in [5.41, 5.74) is 5.36. The highest BCUT2D eigenvalue weighted by Crippen LogP contribution is 2.25. The first kappa shape index (κ1) is 28.2. The second-order valence-corrected chi connectivity index (χ2v) is 8.82. The molecule has 188 valence electrons. The molecule has 1 unspecified atom stereocenters. The number of hydrogen-bond donors (Lipinski definition) is 1. The standard InChI is InChI=1S/C30H41N3O2/c1-7-19-33(30(34)28(23(3)4)21-32-24(5)8-2)27-16-12-13-25(20-27)22-35-29(17-18-31-6)26-14-10-9-11-15-26/h9-16,20-21,29,31H,5,7-8,17-19,22H2,1-4,6H3. The Balaban J connectivity index is 2.25. The number of carbonyl (C=O) groups is 1. The van der Waals surface area contributed by atoms with E-state index in [1.807, 2.05) is 69.1 Å². The van der Waals surface area contributed by atoms with Crippen molar-refractivity contribution < 1.29 is 9.53 Å². The third kappa shape index (κ3) is 8.93. The molecule has 0 aliphatic carbocycles. The maximum atomic E-state index is 13.6. The SMILES string of the molecule is C=C(CC)N=CC(C(=O)N(CCC)c1cccc(COC(CCNC)c2ccccc2)c1)=C(C)C. The van der Waals surface area contributed by atoms with Crippen molar-refractivity contribution in [3.8, 4) is 0 Å². The van der Waals surface area contributed by atoms with E-state index in [4.69, 9.17) is 4.74 Å². The molecule has 0 saturated heterocycles. The summed E-state index contributed by atoms with van der Waals surface area (Å²) in [6.07, 6.45) is 4.14. The van der Waals surface area contributed by atoms with Gasteiger partial charge >= 0.3 is 0 Å². The van der Waals surface area contributed by atoms with Crippen molar-refractivity contribution in [1.82, 2.24) is 5.32 Å². The average molecular weight is 476 g/mol. The number of nitrogens with one attached hydrogen (secondary N) is 1. The molecule has 0 saturated carbocycles. The lowest BCUT2D eigenvalue weighted by atomic mass is 10.1. The lowest BCUT2D eigenvalue weighted by molar-refractivity contribution is -0.114. The van der Waals surface area contributed by atoms with Crippen LogP contribution in [-0.4, -0.2) is 32.3 Å². The third-order valence-electron chi connectivity index (χ3n) is 5.75. The summed E-state index contributed by atoms with van der Waals surface area (Å²) in [6, 6.07) is 18.4. The van der Waals surface area contributed by atoms with E-state index in [2.05, 4.69) is 42.0 Å². The summed E-state index contributed by atoms with van der Waals surface area (Å²) in [5.74, 6) is -0.0475. The number of carbonyl (C=O) groups excluding carboxylic acids is 1. The van der Waals surface area contributed by atoms with Crippen LogP contribution in [0.2, 0.25) is 0 Å². The molecule has 1 amide bonds. The zero-order chi connectivity index (χ0) is 25.6. The molecule has 1 N–H and O–H groups in total. The van der Waals surface area contributed by atoms with Crippen molar-refractivity contribution in [3.63, 3.8) is 0 Å². The van der Waals surface area contributed by atoms with E-state index in [1.54, 1.807) is 6.21 Å². The fraction of sp³-hybridized carbons (Fsp3) is 0.400. The minimum absolute atomic E-state index is 0.000774. The summed E-state index contributed by atoms with van der Waals surface area (Å²) in [4.78, 5) is 19.8. The Kier molecular flexibility index (Phi) is 12.2. The van der Waals surface area contributed by atoms with Gasteiger partial charge in [0.25, 0.3) is 5.91 Å². The van der Waals surface area contributed by atoms with Crippen molar-refractivity contribution in [3.05, 3.63) is 89.1 Å². The van der Waals surface area contributed by atoms with Crippen LogP contribution in [0.5, 0.6) is 0 Å². The van der Waals surface area contributed by atoms with E-state index in [1.165, 1.54) is 5.56 Å². The topological polar surface area (TPSA) is 53.9 Å². The van der Waals surface area contributed by atoms with E-state index in [0.29, 0.717) is 18.7 Å². The van der Waals surface area contributed by atoms with Gasteiger partial charge in [-0.25, -0.2) is 0 Å². The largest absolute Gasteiger partial charge is 0.369 e. The first-order valence-corrected chi connectivity index (χ1v) is 12.5. The van der Waals surface area contributed by atoms with Gasteiger partial charge in [-0.1, -0.05) is 68.5 Å². The zero-order valence-corrected chi connectivity index (χ0v) is 22.0. The Morgan fingerprint density at radius 3 is 2.51 bits per heavy atom. The van der Waals surface area contributed by atoms with E-state index >= 15 is 0 Å². The fourth-order valence-corrected chi connectivity index (χ4v) is 3.66. The van der Waals surface area contributed by atoms with Gasteiger partial charge in [-0.15, -0.1) is 0 Å². The smallest absolute Gasteiger partial charge is 0.259 e. The van der Waals surface area contributed by atoms with Crippen LogP contribution in [0.25, 0.3) is 0 Å². The van der Waals surface area contributed by atoms with Crippen molar-refractivity contribution in [1.29, 1.82) is 0 Å². The number of nitrogens with zero attached hydrogens (tertiary/aromatic N) is 2. The summed E-state index contributed by atoms with van der Waals surface area (Å²) < 4.78 is 6.35. The molecule has 2 aromatic carbocycles. The highest BCUT2D eigenvalue weighted by Gasteiger charge is 2.20. The van der Waals surface area contributed by atoms with E-state index in [-0.39, 0.29) is 12.0 Å². The number of benzene rings is 2. The van der Waals surface area contributed by atoms with Gasteiger partial charge in [-0.2, -0.15) is 0 Å². The van der Waals surface area contributed by atoms with Crippen LogP contribution in [0.15, 0.2) is 83.0 Å². The molecule has 5 nitrogen and oxygen atoms in total. The molecular weight excluding hydrogens is 434 g/mol.